The van der Waals surface area contributed by atoms with Crippen molar-refractivity contribution in [2.45, 2.75) is 6.04 Å². The van der Waals surface area contributed by atoms with E-state index in [-0.39, 0.29) is 11.9 Å². The zero-order valence-corrected chi connectivity index (χ0v) is 13.4. The zero-order valence-electron chi connectivity index (χ0n) is 10.2. The Morgan fingerprint density at radius 3 is 2.70 bits per heavy atom. The van der Waals surface area contributed by atoms with Gasteiger partial charge in [0, 0.05) is 4.88 Å². The van der Waals surface area contributed by atoms with Gasteiger partial charge in [-0.25, -0.2) is 0 Å². The largest absolute Gasteiger partial charge is 0.340 e. The highest BCUT2D eigenvalue weighted by Crippen LogP contribution is 2.29. The number of hydrogen-bond donors (Lipinski definition) is 1. The van der Waals surface area contributed by atoms with Crippen molar-refractivity contribution in [1.29, 1.82) is 0 Å². The van der Waals surface area contributed by atoms with Crippen LogP contribution in [-0.4, -0.2) is 5.91 Å². The summed E-state index contributed by atoms with van der Waals surface area (Å²) in [5.74, 6) is -0.0912. The number of carbonyl (C=O) groups excluding carboxylic acids is 1. The summed E-state index contributed by atoms with van der Waals surface area (Å²) in [5, 5.41) is 9.18. The number of hydrogen-bond acceptors (Lipinski definition) is 4. The van der Waals surface area contributed by atoms with Crippen LogP contribution in [0.15, 0.2) is 46.5 Å². The van der Waals surface area contributed by atoms with Crippen LogP contribution in [0.1, 0.15) is 26.2 Å². The molecular weight excluding hydrogens is 330 g/mol. The fourth-order valence-electron chi connectivity index (χ4n) is 1.85. The minimum atomic E-state index is -0.102. The molecule has 0 aromatic carbocycles. The molecule has 3 rings (SSSR count). The molecule has 1 atom stereocenters. The van der Waals surface area contributed by atoms with Crippen LogP contribution in [0.3, 0.4) is 0 Å². The van der Waals surface area contributed by atoms with Gasteiger partial charge in [-0.1, -0.05) is 17.7 Å². The molecule has 0 unspecified atom stereocenters. The van der Waals surface area contributed by atoms with E-state index in [0.717, 1.165) is 10.4 Å². The van der Waals surface area contributed by atoms with E-state index in [1.807, 2.05) is 29.0 Å². The maximum absolute atomic E-state index is 12.3. The Labute approximate surface area is 133 Å². The zero-order chi connectivity index (χ0) is 13.9. The first-order valence-corrected chi connectivity index (χ1v) is 8.87. The standard InChI is InChI=1S/C14H10ClNOS3/c15-12-4-3-11(20-12)14(17)16-13(9-5-7-18-8-9)10-2-1-6-19-10/h1-8,13H,(H,16,17)/t13-/m0/s1. The fraction of sp³-hybridized carbons (Fsp3) is 0.0714. The molecule has 1 N–H and O–H groups in total. The lowest BCUT2D eigenvalue weighted by Crippen LogP contribution is -2.27. The van der Waals surface area contributed by atoms with Crippen LogP contribution >= 0.6 is 45.6 Å². The van der Waals surface area contributed by atoms with E-state index in [9.17, 15) is 4.79 Å². The highest BCUT2D eigenvalue weighted by molar-refractivity contribution is 7.18. The molecule has 20 heavy (non-hydrogen) atoms. The van der Waals surface area contributed by atoms with Crippen LogP contribution in [0.2, 0.25) is 4.34 Å². The molecule has 102 valence electrons. The van der Waals surface area contributed by atoms with Gasteiger partial charge in [0.05, 0.1) is 15.3 Å². The van der Waals surface area contributed by atoms with Crippen LogP contribution < -0.4 is 5.32 Å². The maximum atomic E-state index is 12.3. The number of amides is 1. The molecule has 0 aliphatic rings. The van der Waals surface area contributed by atoms with Gasteiger partial charge in [0.25, 0.3) is 5.91 Å². The molecule has 0 aliphatic heterocycles. The van der Waals surface area contributed by atoms with Crippen LogP contribution in [0, 0.1) is 0 Å². The number of halogens is 1. The molecule has 0 saturated heterocycles. The smallest absolute Gasteiger partial charge is 0.262 e. The molecule has 0 radical (unpaired) electrons. The van der Waals surface area contributed by atoms with E-state index in [1.165, 1.54) is 11.3 Å². The van der Waals surface area contributed by atoms with Gasteiger partial charge in [0.1, 0.15) is 0 Å². The van der Waals surface area contributed by atoms with E-state index in [4.69, 9.17) is 11.6 Å². The van der Waals surface area contributed by atoms with Crippen molar-refractivity contribution in [3.8, 4) is 0 Å². The summed E-state index contributed by atoms with van der Waals surface area (Å²) < 4.78 is 0.623. The second-order valence-corrected chi connectivity index (χ2v) is 7.56. The first-order valence-electron chi connectivity index (χ1n) is 5.86. The van der Waals surface area contributed by atoms with Crippen molar-refractivity contribution in [2.75, 3.05) is 0 Å². The van der Waals surface area contributed by atoms with E-state index in [2.05, 4.69) is 10.7 Å². The number of rotatable bonds is 4. The van der Waals surface area contributed by atoms with E-state index in [1.54, 1.807) is 34.8 Å². The first-order chi connectivity index (χ1) is 9.74. The summed E-state index contributed by atoms with van der Waals surface area (Å²) in [6, 6.07) is 9.46. The molecule has 0 aliphatic carbocycles. The Balaban J connectivity index is 1.86. The van der Waals surface area contributed by atoms with E-state index < -0.39 is 0 Å². The molecule has 0 spiro atoms. The average molecular weight is 340 g/mol. The first kappa shape index (κ1) is 13.8. The molecule has 2 nitrogen and oxygen atoms in total. The quantitative estimate of drug-likeness (QED) is 0.708. The fourth-order valence-corrected chi connectivity index (χ4v) is 4.29. The van der Waals surface area contributed by atoms with Crippen LogP contribution in [0.4, 0.5) is 0 Å². The lowest BCUT2D eigenvalue weighted by Gasteiger charge is -2.16. The van der Waals surface area contributed by atoms with Gasteiger partial charge in [0.15, 0.2) is 0 Å². The molecule has 0 fully saturated rings. The summed E-state index contributed by atoms with van der Waals surface area (Å²) in [6.07, 6.45) is 0. The Bertz CT molecular complexity index is 654. The Kier molecular flexibility index (Phi) is 4.21. The SMILES string of the molecule is O=C(N[C@@H](c1ccsc1)c1cccs1)c1ccc(Cl)s1. The van der Waals surface area contributed by atoms with Gasteiger partial charge in [-0.15, -0.1) is 22.7 Å². The van der Waals surface area contributed by atoms with Crippen LogP contribution in [-0.2, 0) is 0 Å². The Hall–Kier alpha value is -1.14. The lowest BCUT2D eigenvalue weighted by atomic mass is 10.1. The molecule has 0 saturated carbocycles. The highest BCUT2D eigenvalue weighted by Gasteiger charge is 2.19. The second-order valence-electron chi connectivity index (χ2n) is 4.08. The summed E-state index contributed by atoms with van der Waals surface area (Å²) in [7, 11) is 0. The van der Waals surface area contributed by atoms with Gasteiger partial charge < -0.3 is 5.32 Å². The molecule has 3 heterocycles. The van der Waals surface area contributed by atoms with Crippen LogP contribution in [0.25, 0.3) is 0 Å². The minimum absolute atomic E-state index is 0.0912. The van der Waals surface area contributed by atoms with Gasteiger partial charge in [-0.2, -0.15) is 11.3 Å². The van der Waals surface area contributed by atoms with Crippen molar-refractivity contribution in [2.24, 2.45) is 0 Å². The van der Waals surface area contributed by atoms with E-state index >= 15 is 0 Å². The molecule has 6 heteroatoms. The molecular formula is C14H10ClNOS3. The third-order valence-corrected chi connectivity index (χ3v) is 5.65. The topological polar surface area (TPSA) is 29.1 Å². The third kappa shape index (κ3) is 2.96. The Morgan fingerprint density at radius 1 is 1.20 bits per heavy atom. The minimum Gasteiger partial charge on any atom is -0.340 e. The average Bonchev–Trinajstić information content (AvgIpc) is 3.17. The van der Waals surface area contributed by atoms with Crippen molar-refractivity contribution in [3.63, 3.8) is 0 Å². The third-order valence-electron chi connectivity index (χ3n) is 2.78. The molecule has 3 aromatic rings. The number of thiophene rings is 3. The highest BCUT2D eigenvalue weighted by atomic mass is 35.5. The van der Waals surface area contributed by atoms with Crippen molar-refractivity contribution in [1.82, 2.24) is 5.32 Å². The second kappa shape index (κ2) is 6.10. The van der Waals surface area contributed by atoms with Crippen LogP contribution in [0.5, 0.6) is 0 Å². The predicted octanol–water partition coefficient (Wildman–Crippen LogP) is 5.04. The summed E-state index contributed by atoms with van der Waals surface area (Å²) in [6.45, 7) is 0. The van der Waals surface area contributed by atoms with Crippen molar-refractivity contribution >= 4 is 51.5 Å². The number of carbonyl (C=O) groups is 1. The molecule has 0 bridgehead atoms. The monoisotopic (exact) mass is 339 g/mol. The van der Waals surface area contributed by atoms with Gasteiger partial charge in [-0.3, -0.25) is 4.79 Å². The Morgan fingerprint density at radius 2 is 2.10 bits per heavy atom. The summed E-state index contributed by atoms with van der Waals surface area (Å²) in [5.41, 5.74) is 1.11. The predicted molar refractivity (Wildman–Crippen MR) is 87.3 cm³/mol. The molecule has 1 amide bonds. The number of nitrogens with one attached hydrogen (secondary N) is 1. The molecule has 3 aromatic heterocycles. The van der Waals surface area contributed by atoms with E-state index in [0.29, 0.717) is 9.21 Å². The summed E-state index contributed by atoms with van der Waals surface area (Å²) >= 11 is 10.4. The maximum Gasteiger partial charge on any atom is 0.262 e. The van der Waals surface area contributed by atoms with Gasteiger partial charge in [0.2, 0.25) is 0 Å². The van der Waals surface area contributed by atoms with Gasteiger partial charge >= 0.3 is 0 Å². The van der Waals surface area contributed by atoms with Crippen molar-refractivity contribution in [3.05, 3.63) is 66.1 Å². The van der Waals surface area contributed by atoms with Crippen molar-refractivity contribution < 1.29 is 4.79 Å². The lowest BCUT2D eigenvalue weighted by molar-refractivity contribution is 0.0947. The van der Waals surface area contributed by atoms with Gasteiger partial charge in [-0.05, 0) is 46.0 Å². The summed E-state index contributed by atoms with van der Waals surface area (Å²) in [4.78, 5) is 14.1. The normalized spacial score (nSPS) is 12.2.